The zero-order valence-corrected chi connectivity index (χ0v) is 12.6. The van der Waals surface area contributed by atoms with Gasteiger partial charge in [0.05, 0.1) is 10.7 Å². The number of benzene rings is 1. The second-order valence-corrected chi connectivity index (χ2v) is 6.52. The highest BCUT2D eigenvalue weighted by Crippen LogP contribution is 2.40. The van der Waals surface area contributed by atoms with E-state index >= 15 is 0 Å². The van der Waals surface area contributed by atoms with Gasteiger partial charge in [0.15, 0.2) is 0 Å². The number of rotatable bonds is 4. The normalized spacial score (nSPS) is 22.7. The van der Waals surface area contributed by atoms with E-state index in [-0.39, 0.29) is 0 Å². The molecule has 0 heterocycles. The fourth-order valence-corrected chi connectivity index (χ4v) is 3.71. The van der Waals surface area contributed by atoms with Crippen LogP contribution in [-0.4, -0.2) is 12.7 Å². The molecule has 2 aliphatic rings. The Morgan fingerprint density at radius 2 is 2.11 bits per heavy atom. The van der Waals surface area contributed by atoms with Gasteiger partial charge in [0.1, 0.15) is 0 Å². The van der Waals surface area contributed by atoms with E-state index in [0.717, 1.165) is 23.6 Å². The summed E-state index contributed by atoms with van der Waals surface area (Å²) in [7, 11) is 2.90. The van der Waals surface area contributed by atoms with Crippen molar-refractivity contribution in [2.75, 3.05) is 18.0 Å². The smallest absolute Gasteiger partial charge is 0.0640 e. The number of fused-ring (bicyclic) bond motifs is 1. The molecule has 3 heteroatoms. The van der Waals surface area contributed by atoms with Crippen LogP contribution in [0.25, 0.3) is 0 Å². The average Bonchev–Trinajstić information content (AvgIpc) is 3.20. The van der Waals surface area contributed by atoms with Crippen molar-refractivity contribution < 1.29 is 0 Å². The molecule has 0 radical (unpaired) electrons. The molecule has 1 nitrogen and oxygen atoms in total. The maximum Gasteiger partial charge on any atom is 0.0640 e. The molecule has 0 amide bonds. The van der Waals surface area contributed by atoms with Crippen molar-refractivity contribution >= 4 is 26.5 Å². The number of hydrogen-bond acceptors (Lipinski definition) is 1. The van der Waals surface area contributed by atoms with E-state index in [4.69, 9.17) is 11.6 Å². The monoisotopic (exact) mass is 281 g/mol. The summed E-state index contributed by atoms with van der Waals surface area (Å²) < 4.78 is 0. The molecule has 3 rings (SSSR count). The summed E-state index contributed by atoms with van der Waals surface area (Å²) in [6.45, 7) is 1.10. The Bertz CT molecular complexity index is 442. The van der Waals surface area contributed by atoms with Crippen molar-refractivity contribution in [3.63, 3.8) is 0 Å². The van der Waals surface area contributed by atoms with Gasteiger partial charge in [-0.15, -0.1) is 9.24 Å². The summed E-state index contributed by atoms with van der Waals surface area (Å²) in [4.78, 5) is 0. The van der Waals surface area contributed by atoms with Gasteiger partial charge in [-0.05, 0) is 67.3 Å². The van der Waals surface area contributed by atoms with E-state index in [1.54, 1.807) is 0 Å². The quantitative estimate of drug-likeness (QED) is 0.804. The average molecular weight is 282 g/mol. The second-order valence-electron chi connectivity index (χ2n) is 5.64. The standard InChI is InChI=1S/C15H21ClNP/c16-14-7-6-12-11(9-18)2-1-3-13(12)15(14)17-8-10-4-5-10/h6-7,10-11,17H,1-5,8-9,18H2. The van der Waals surface area contributed by atoms with Crippen LogP contribution < -0.4 is 5.32 Å². The van der Waals surface area contributed by atoms with Crippen LogP contribution in [0, 0.1) is 5.92 Å². The predicted octanol–water partition coefficient (Wildman–Crippen LogP) is 4.46. The summed E-state index contributed by atoms with van der Waals surface area (Å²) >= 11 is 6.39. The van der Waals surface area contributed by atoms with Gasteiger partial charge in [0.2, 0.25) is 0 Å². The summed E-state index contributed by atoms with van der Waals surface area (Å²) in [5.74, 6) is 1.59. The molecule has 2 atom stereocenters. The predicted molar refractivity (Wildman–Crippen MR) is 82.9 cm³/mol. The second kappa shape index (κ2) is 5.39. The van der Waals surface area contributed by atoms with Crippen LogP contribution in [-0.2, 0) is 6.42 Å². The Morgan fingerprint density at radius 1 is 1.28 bits per heavy atom. The zero-order valence-electron chi connectivity index (χ0n) is 10.7. The molecule has 0 aromatic heterocycles. The van der Waals surface area contributed by atoms with Crippen LogP contribution in [0.4, 0.5) is 5.69 Å². The SMILES string of the molecule is PCC1CCCc2c1ccc(Cl)c2NCC1CC1. The van der Waals surface area contributed by atoms with Gasteiger partial charge in [-0.25, -0.2) is 0 Å². The zero-order chi connectivity index (χ0) is 12.5. The molecule has 18 heavy (non-hydrogen) atoms. The summed E-state index contributed by atoms with van der Waals surface area (Å²) in [5, 5.41) is 4.51. The number of halogens is 1. The molecule has 1 saturated carbocycles. The van der Waals surface area contributed by atoms with Crippen LogP contribution in [0.3, 0.4) is 0 Å². The minimum absolute atomic E-state index is 0.706. The summed E-state index contributed by atoms with van der Waals surface area (Å²) in [6, 6.07) is 4.32. The summed E-state index contributed by atoms with van der Waals surface area (Å²) in [5.41, 5.74) is 4.24. The van der Waals surface area contributed by atoms with Crippen LogP contribution in [0.1, 0.15) is 42.7 Å². The van der Waals surface area contributed by atoms with Gasteiger partial charge in [-0.1, -0.05) is 17.7 Å². The van der Waals surface area contributed by atoms with Gasteiger partial charge in [-0.3, -0.25) is 0 Å². The molecule has 1 N–H and O–H groups in total. The minimum Gasteiger partial charge on any atom is -0.383 e. The fraction of sp³-hybridized carbons (Fsp3) is 0.600. The molecule has 0 aliphatic heterocycles. The molecule has 1 aromatic carbocycles. The maximum absolute atomic E-state index is 6.39. The summed E-state index contributed by atoms with van der Waals surface area (Å²) in [6.07, 6.45) is 7.73. The Morgan fingerprint density at radius 3 is 2.83 bits per heavy atom. The van der Waals surface area contributed by atoms with E-state index in [0.29, 0.717) is 5.92 Å². The largest absolute Gasteiger partial charge is 0.383 e. The molecule has 1 fully saturated rings. The van der Waals surface area contributed by atoms with Gasteiger partial charge in [0, 0.05) is 6.54 Å². The topological polar surface area (TPSA) is 12.0 Å². The molecule has 2 unspecified atom stereocenters. The highest BCUT2D eigenvalue weighted by molar-refractivity contribution is 7.16. The third-order valence-electron chi connectivity index (χ3n) is 4.27. The minimum atomic E-state index is 0.706. The first-order valence-corrected chi connectivity index (χ1v) is 8.24. The first-order chi connectivity index (χ1) is 8.79. The van der Waals surface area contributed by atoms with Crippen LogP contribution in [0.5, 0.6) is 0 Å². The molecule has 0 spiro atoms. The van der Waals surface area contributed by atoms with E-state index < -0.39 is 0 Å². The Balaban J connectivity index is 1.90. The van der Waals surface area contributed by atoms with Crippen molar-refractivity contribution in [3.05, 3.63) is 28.3 Å². The molecule has 2 aliphatic carbocycles. The van der Waals surface area contributed by atoms with E-state index in [9.17, 15) is 0 Å². The Labute approximate surface area is 117 Å². The van der Waals surface area contributed by atoms with Crippen molar-refractivity contribution in [2.45, 2.75) is 38.0 Å². The number of nitrogens with one attached hydrogen (secondary N) is 1. The lowest BCUT2D eigenvalue weighted by Crippen LogP contribution is -2.15. The van der Waals surface area contributed by atoms with Crippen molar-refractivity contribution in [3.8, 4) is 0 Å². The van der Waals surface area contributed by atoms with Crippen LogP contribution in [0.2, 0.25) is 5.02 Å². The lowest BCUT2D eigenvalue weighted by molar-refractivity contribution is 0.597. The molecule has 1 aromatic rings. The first kappa shape index (κ1) is 12.8. The molecule has 0 bridgehead atoms. The van der Waals surface area contributed by atoms with Gasteiger partial charge >= 0.3 is 0 Å². The molecule has 98 valence electrons. The molecular weight excluding hydrogens is 261 g/mol. The van der Waals surface area contributed by atoms with Gasteiger partial charge in [-0.2, -0.15) is 0 Å². The first-order valence-electron chi connectivity index (χ1n) is 7.04. The van der Waals surface area contributed by atoms with Crippen molar-refractivity contribution in [2.24, 2.45) is 5.92 Å². The number of hydrogen-bond donors (Lipinski definition) is 1. The van der Waals surface area contributed by atoms with Crippen molar-refractivity contribution in [1.29, 1.82) is 0 Å². The Kier molecular flexibility index (Phi) is 3.82. The molecular formula is C15H21ClNP. The Hall–Kier alpha value is -0.260. The van der Waals surface area contributed by atoms with E-state index in [2.05, 4.69) is 26.7 Å². The van der Waals surface area contributed by atoms with Crippen LogP contribution in [0.15, 0.2) is 12.1 Å². The van der Waals surface area contributed by atoms with Gasteiger partial charge in [0.25, 0.3) is 0 Å². The van der Waals surface area contributed by atoms with Crippen LogP contribution >= 0.6 is 20.8 Å². The molecule has 0 saturated heterocycles. The lowest BCUT2D eigenvalue weighted by atomic mass is 9.83. The van der Waals surface area contributed by atoms with E-state index in [1.165, 1.54) is 48.9 Å². The lowest BCUT2D eigenvalue weighted by Gasteiger charge is -2.27. The third kappa shape index (κ3) is 2.53. The highest BCUT2D eigenvalue weighted by atomic mass is 35.5. The fourth-order valence-electron chi connectivity index (χ4n) is 2.97. The number of anilines is 1. The maximum atomic E-state index is 6.39. The highest BCUT2D eigenvalue weighted by Gasteiger charge is 2.25. The van der Waals surface area contributed by atoms with Gasteiger partial charge < -0.3 is 5.32 Å². The third-order valence-corrected chi connectivity index (χ3v) is 5.15. The van der Waals surface area contributed by atoms with E-state index in [1.807, 2.05) is 0 Å². The van der Waals surface area contributed by atoms with Crippen molar-refractivity contribution in [1.82, 2.24) is 0 Å².